The molecule has 2 aliphatic rings. The minimum absolute atomic E-state index is 0.309. The number of halogens is 2. The second kappa shape index (κ2) is 5.82. The first-order valence-corrected chi connectivity index (χ1v) is 8.49. The molecule has 2 aliphatic carbocycles. The predicted octanol–water partition coefficient (Wildman–Crippen LogP) is 4.34. The van der Waals surface area contributed by atoms with Crippen molar-refractivity contribution in [2.45, 2.75) is 50.5 Å². The molecule has 1 aromatic heterocycles. The molecule has 0 bridgehead atoms. The predicted molar refractivity (Wildman–Crippen MR) is 87.3 cm³/mol. The highest BCUT2D eigenvalue weighted by Gasteiger charge is 2.42. The number of rotatable bonds is 4. The first kappa shape index (κ1) is 16.1. The maximum absolute atomic E-state index is 14.2. The summed E-state index contributed by atoms with van der Waals surface area (Å²) in [6.07, 6.45) is 4.14. The van der Waals surface area contributed by atoms with E-state index in [1.165, 1.54) is 12.1 Å². The van der Waals surface area contributed by atoms with Crippen molar-refractivity contribution in [3.63, 3.8) is 0 Å². The second-order valence-corrected chi connectivity index (χ2v) is 6.92. The van der Waals surface area contributed by atoms with Gasteiger partial charge in [-0.15, -0.1) is 0 Å². The maximum atomic E-state index is 14.2. The zero-order chi connectivity index (χ0) is 17.6. The van der Waals surface area contributed by atoms with Crippen LogP contribution >= 0.6 is 0 Å². The number of carbonyl (C=O) groups excluding carboxylic acids is 1. The molecule has 0 radical (unpaired) electrons. The lowest BCUT2D eigenvalue weighted by Crippen LogP contribution is -2.52. The van der Waals surface area contributed by atoms with Crippen LogP contribution in [0.5, 0.6) is 0 Å². The molecule has 0 atom stereocenters. The van der Waals surface area contributed by atoms with Gasteiger partial charge in [0.05, 0.1) is 5.54 Å². The van der Waals surface area contributed by atoms with Crippen molar-refractivity contribution < 1.29 is 18.1 Å². The number of hydrogen-bond donors (Lipinski definition) is 2. The zero-order valence-electron chi connectivity index (χ0n) is 13.9. The number of amides is 2. The average Bonchev–Trinajstić information content (AvgIpc) is 3.30. The molecule has 0 saturated heterocycles. The lowest BCUT2D eigenvalue weighted by atomic mass is 9.71. The maximum Gasteiger partial charge on any atom is 0.320 e. The topological polar surface area (TPSA) is 67.2 Å². The fourth-order valence-corrected chi connectivity index (χ4v) is 3.40. The number of aryl methyl sites for hydroxylation is 1. The monoisotopic (exact) mass is 347 g/mol. The van der Waals surface area contributed by atoms with Gasteiger partial charge in [-0.1, -0.05) is 11.2 Å². The Kier molecular flexibility index (Phi) is 3.74. The summed E-state index contributed by atoms with van der Waals surface area (Å²) in [4.78, 5) is 12.5. The van der Waals surface area contributed by atoms with Gasteiger partial charge in [-0.2, -0.15) is 0 Å². The van der Waals surface area contributed by atoms with Gasteiger partial charge in [0.1, 0.15) is 23.0 Å². The van der Waals surface area contributed by atoms with E-state index in [0.717, 1.165) is 25.3 Å². The van der Waals surface area contributed by atoms with Gasteiger partial charge in [-0.05, 0) is 45.1 Å². The van der Waals surface area contributed by atoms with Crippen LogP contribution in [0.4, 0.5) is 19.3 Å². The van der Waals surface area contributed by atoms with E-state index >= 15 is 0 Å². The fraction of sp³-hybridized carbons (Fsp3) is 0.444. The van der Waals surface area contributed by atoms with E-state index in [1.807, 2.05) is 0 Å². The molecule has 2 amide bonds. The molecule has 5 nitrogen and oxygen atoms in total. The summed E-state index contributed by atoms with van der Waals surface area (Å²) in [7, 11) is 0. The molecule has 25 heavy (non-hydrogen) atoms. The Morgan fingerprint density at radius 1 is 1.32 bits per heavy atom. The van der Waals surface area contributed by atoms with Crippen LogP contribution in [0.15, 0.2) is 22.7 Å². The normalized spacial score (nSPS) is 18.5. The molecule has 4 rings (SSSR count). The summed E-state index contributed by atoms with van der Waals surface area (Å²) < 4.78 is 32.7. The van der Waals surface area contributed by atoms with Crippen molar-refractivity contribution in [2.75, 3.05) is 5.32 Å². The number of carbonyl (C=O) groups is 1. The van der Waals surface area contributed by atoms with Gasteiger partial charge in [0.25, 0.3) is 0 Å². The first-order valence-electron chi connectivity index (χ1n) is 8.49. The molecule has 0 spiro atoms. The van der Waals surface area contributed by atoms with Gasteiger partial charge in [0.2, 0.25) is 0 Å². The zero-order valence-corrected chi connectivity index (χ0v) is 13.9. The van der Waals surface area contributed by atoms with E-state index in [1.54, 1.807) is 6.92 Å². The van der Waals surface area contributed by atoms with Crippen LogP contribution in [0.25, 0.3) is 0 Å². The molecule has 2 aromatic rings. The number of urea groups is 1. The number of hydrogen-bond acceptors (Lipinski definition) is 3. The lowest BCUT2D eigenvalue weighted by Gasteiger charge is -2.43. The van der Waals surface area contributed by atoms with Crippen LogP contribution in [0.1, 0.15) is 55.0 Å². The summed E-state index contributed by atoms with van der Waals surface area (Å²) in [5.74, 6) is -0.263. The van der Waals surface area contributed by atoms with Crippen LogP contribution in [0, 0.1) is 18.6 Å². The van der Waals surface area contributed by atoms with Crippen molar-refractivity contribution >= 4 is 11.7 Å². The highest BCUT2D eigenvalue weighted by atomic mass is 19.1. The van der Waals surface area contributed by atoms with Crippen molar-refractivity contribution in [3.8, 4) is 0 Å². The molecule has 0 unspecified atom stereocenters. The van der Waals surface area contributed by atoms with Crippen molar-refractivity contribution in [1.82, 2.24) is 10.5 Å². The number of anilines is 1. The van der Waals surface area contributed by atoms with E-state index in [0.29, 0.717) is 41.5 Å². The van der Waals surface area contributed by atoms with Crippen LogP contribution in [-0.2, 0) is 5.54 Å². The highest BCUT2D eigenvalue weighted by Crippen LogP contribution is 2.45. The number of nitrogens with zero attached hydrogens (tertiary/aromatic N) is 1. The van der Waals surface area contributed by atoms with Crippen molar-refractivity contribution in [3.05, 3.63) is 46.9 Å². The van der Waals surface area contributed by atoms with Crippen LogP contribution in [-0.4, -0.2) is 11.2 Å². The third kappa shape index (κ3) is 2.88. The van der Waals surface area contributed by atoms with E-state index < -0.39 is 23.2 Å². The Bertz CT molecular complexity index is 826. The van der Waals surface area contributed by atoms with Crippen molar-refractivity contribution in [2.24, 2.45) is 0 Å². The molecular weight excluding hydrogens is 328 g/mol. The van der Waals surface area contributed by atoms with Crippen LogP contribution < -0.4 is 10.6 Å². The summed E-state index contributed by atoms with van der Waals surface area (Å²) in [5.41, 5.74) is 0.730. The molecule has 1 heterocycles. The van der Waals surface area contributed by atoms with Gasteiger partial charge in [0.15, 0.2) is 5.76 Å². The van der Waals surface area contributed by atoms with Gasteiger partial charge in [0, 0.05) is 17.5 Å². The molecule has 132 valence electrons. The summed E-state index contributed by atoms with van der Waals surface area (Å²) >= 11 is 0. The SMILES string of the molecule is Cc1noc(C2CC2)c1NC(=O)NC1(c2ccc(F)cc2F)CCC1. The van der Waals surface area contributed by atoms with Gasteiger partial charge in [-0.3, -0.25) is 0 Å². The Morgan fingerprint density at radius 2 is 2.08 bits per heavy atom. The minimum atomic E-state index is -0.799. The minimum Gasteiger partial charge on any atom is -0.359 e. The summed E-state index contributed by atoms with van der Waals surface area (Å²) in [6, 6.07) is 3.04. The lowest BCUT2D eigenvalue weighted by molar-refractivity contribution is 0.180. The summed E-state index contributed by atoms with van der Waals surface area (Å²) in [5, 5.41) is 9.60. The Morgan fingerprint density at radius 3 is 2.68 bits per heavy atom. The molecule has 0 aliphatic heterocycles. The number of aromatic nitrogens is 1. The highest BCUT2D eigenvalue weighted by molar-refractivity contribution is 5.91. The fourth-order valence-electron chi connectivity index (χ4n) is 3.40. The van der Waals surface area contributed by atoms with E-state index in [4.69, 9.17) is 4.52 Å². The second-order valence-electron chi connectivity index (χ2n) is 6.92. The molecule has 2 saturated carbocycles. The van der Waals surface area contributed by atoms with Crippen LogP contribution in [0.2, 0.25) is 0 Å². The summed E-state index contributed by atoms with van der Waals surface area (Å²) in [6.45, 7) is 1.77. The van der Waals surface area contributed by atoms with E-state index in [-0.39, 0.29) is 0 Å². The third-order valence-electron chi connectivity index (χ3n) is 5.08. The molecule has 7 heteroatoms. The number of benzene rings is 1. The average molecular weight is 347 g/mol. The Hall–Kier alpha value is -2.44. The van der Waals surface area contributed by atoms with Crippen molar-refractivity contribution in [1.29, 1.82) is 0 Å². The smallest absolute Gasteiger partial charge is 0.320 e. The van der Waals surface area contributed by atoms with E-state index in [9.17, 15) is 13.6 Å². The Labute approximate surface area is 143 Å². The van der Waals surface area contributed by atoms with E-state index in [2.05, 4.69) is 15.8 Å². The van der Waals surface area contributed by atoms with Crippen LogP contribution in [0.3, 0.4) is 0 Å². The van der Waals surface area contributed by atoms with Gasteiger partial charge >= 0.3 is 6.03 Å². The molecule has 2 fully saturated rings. The third-order valence-corrected chi connectivity index (χ3v) is 5.08. The van der Waals surface area contributed by atoms with Gasteiger partial charge < -0.3 is 15.2 Å². The largest absolute Gasteiger partial charge is 0.359 e. The Balaban J connectivity index is 1.54. The standard InChI is InChI=1S/C18H19F2N3O2/c1-10-15(16(25-23-10)11-3-4-11)21-17(24)22-18(7-2-8-18)13-6-5-12(19)9-14(13)20/h5-6,9,11H,2-4,7-8H2,1H3,(H2,21,22,24). The number of nitrogens with one attached hydrogen (secondary N) is 2. The molecule has 2 N–H and O–H groups in total. The molecule has 1 aromatic carbocycles. The molecular formula is C18H19F2N3O2. The van der Waals surface area contributed by atoms with Gasteiger partial charge in [-0.25, -0.2) is 13.6 Å². The quantitative estimate of drug-likeness (QED) is 0.864. The first-order chi connectivity index (χ1) is 12.0.